The third-order valence-electron chi connectivity index (χ3n) is 1.54. The second-order valence-electron chi connectivity index (χ2n) is 2.73. The third-order valence-corrected chi connectivity index (χ3v) is 1.54. The fourth-order valence-electron chi connectivity index (χ4n) is 0.886. The maximum Gasteiger partial charge on any atom is 0.330 e. The van der Waals surface area contributed by atoms with Gasteiger partial charge in [-0.05, 0) is 32.9 Å². The summed E-state index contributed by atoms with van der Waals surface area (Å²) in [5, 5.41) is 3.21. The van der Waals surface area contributed by atoms with E-state index in [9.17, 15) is 4.79 Å². The molecule has 0 aliphatic carbocycles. The van der Waals surface area contributed by atoms with E-state index in [0.29, 0.717) is 6.61 Å². The van der Waals surface area contributed by atoms with Crippen LogP contribution < -0.4 is 5.32 Å². The Kier molecular flexibility index (Phi) is 8.67. The van der Waals surface area contributed by atoms with Gasteiger partial charge in [0.2, 0.25) is 0 Å². The lowest BCUT2D eigenvalue weighted by Crippen LogP contribution is -2.14. The van der Waals surface area contributed by atoms with Gasteiger partial charge in [0.15, 0.2) is 0 Å². The van der Waals surface area contributed by atoms with Gasteiger partial charge >= 0.3 is 5.97 Å². The molecule has 0 aromatic heterocycles. The highest BCUT2D eigenvalue weighted by Crippen LogP contribution is 1.90. The molecular formula is C10H19NO2. The first-order valence-corrected chi connectivity index (χ1v) is 4.81. The molecule has 0 saturated carbocycles. The van der Waals surface area contributed by atoms with Crippen LogP contribution in [0.3, 0.4) is 0 Å². The molecule has 0 bridgehead atoms. The summed E-state index contributed by atoms with van der Waals surface area (Å²) in [4.78, 5) is 10.8. The minimum atomic E-state index is -0.244. The second kappa shape index (κ2) is 9.26. The van der Waals surface area contributed by atoms with Crippen molar-refractivity contribution in [1.29, 1.82) is 0 Å². The summed E-state index contributed by atoms with van der Waals surface area (Å²) in [7, 11) is 0. The van der Waals surface area contributed by atoms with Crippen LogP contribution in [0.5, 0.6) is 0 Å². The second-order valence-corrected chi connectivity index (χ2v) is 2.73. The molecule has 0 saturated heterocycles. The number of allylic oxidation sites excluding steroid dienone is 1. The van der Waals surface area contributed by atoms with Crippen molar-refractivity contribution in [2.24, 2.45) is 0 Å². The lowest BCUT2D eigenvalue weighted by molar-refractivity contribution is -0.137. The van der Waals surface area contributed by atoms with Gasteiger partial charge in [-0.25, -0.2) is 4.79 Å². The Morgan fingerprint density at radius 3 is 2.85 bits per heavy atom. The minimum Gasteiger partial charge on any atom is -0.463 e. The monoisotopic (exact) mass is 185 g/mol. The van der Waals surface area contributed by atoms with Crippen LogP contribution in [-0.2, 0) is 9.53 Å². The number of hydrogen-bond acceptors (Lipinski definition) is 3. The van der Waals surface area contributed by atoms with Crippen molar-refractivity contribution in [3.05, 3.63) is 12.2 Å². The van der Waals surface area contributed by atoms with Crippen LogP contribution in [-0.4, -0.2) is 25.7 Å². The molecule has 0 atom stereocenters. The summed E-state index contributed by atoms with van der Waals surface area (Å²) in [5.41, 5.74) is 0. The van der Waals surface area contributed by atoms with Gasteiger partial charge in [0.05, 0.1) is 6.61 Å². The fourth-order valence-corrected chi connectivity index (χ4v) is 0.886. The molecule has 0 spiro atoms. The summed E-state index contributed by atoms with van der Waals surface area (Å²) < 4.78 is 4.91. The van der Waals surface area contributed by atoms with Gasteiger partial charge in [0.1, 0.15) is 0 Å². The summed E-state index contributed by atoms with van der Waals surface area (Å²) >= 11 is 0. The molecule has 3 nitrogen and oxygen atoms in total. The summed E-state index contributed by atoms with van der Waals surface area (Å²) in [5.74, 6) is -0.244. The number of carbonyl (C=O) groups excluding carboxylic acids is 1. The van der Waals surface area contributed by atoms with Crippen LogP contribution >= 0.6 is 0 Å². The van der Waals surface area contributed by atoms with Crippen LogP contribution in [0.25, 0.3) is 0 Å². The van der Waals surface area contributed by atoms with Gasteiger partial charge < -0.3 is 10.1 Å². The number of hydrogen-bond donors (Lipinski definition) is 1. The predicted molar refractivity (Wildman–Crippen MR) is 53.6 cm³/mol. The molecular weight excluding hydrogens is 166 g/mol. The van der Waals surface area contributed by atoms with Crippen LogP contribution in [0.4, 0.5) is 0 Å². The Labute approximate surface area is 80.2 Å². The molecule has 3 heteroatoms. The first-order chi connectivity index (χ1) is 6.31. The molecule has 0 aromatic carbocycles. The highest BCUT2D eigenvalue weighted by Gasteiger charge is 1.94. The Morgan fingerprint density at radius 1 is 1.46 bits per heavy atom. The SMILES string of the molecule is C/C=C/C(=O)OCCCCNCC. The van der Waals surface area contributed by atoms with Crippen LogP contribution in [0.1, 0.15) is 26.7 Å². The zero-order valence-corrected chi connectivity index (χ0v) is 8.51. The number of rotatable bonds is 7. The van der Waals surface area contributed by atoms with Gasteiger partial charge in [0, 0.05) is 6.08 Å². The standard InChI is InChI=1S/C10H19NO2/c1-3-7-10(12)13-9-6-5-8-11-4-2/h3,7,11H,4-6,8-9H2,1-2H3/b7-3+. The van der Waals surface area contributed by atoms with Gasteiger partial charge in [-0.1, -0.05) is 13.0 Å². The molecule has 0 heterocycles. The summed E-state index contributed by atoms with van der Waals surface area (Å²) in [6.45, 7) is 6.39. The van der Waals surface area contributed by atoms with Crippen molar-refractivity contribution in [2.45, 2.75) is 26.7 Å². The van der Waals surface area contributed by atoms with Crippen LogP contribution in [0.2, 0.25) is 0 Å². The number of carbonyl (C=O) groups is 1. The van der Waals surface area contributed by atoms with Crippen molar-refractivity contribution < 1.29 is 9.53 Å². The molecule has 0 aliphatic rings. The maximum atomic E-state index is 10.8. The van der Waals surface area contributed by atoms with E-state index in [1.807, 2.05) is 0 Å². The Bertz CT molecular complexity index is 155. The van der Waals surface area contributed by atoms with E-state index in [-0.39, 0.29) is 5.97 Å². The van der Waals surface area contributed by atoms with Crippen molar-refractivity contribution >= 4 is 5.97 Å². The normalized spacial score (nSPS) is 10.6. The van der Waals surface area contributed by atoms with Crippen LogP contribution in [0.15, 0.2) is 12.2 Å². The maximum absolute atomic E-state index is 10.8. The van der Waals surface area contributed by atoms with E-state index in [0.717, 1.165) is 25.9 Å². The molecule has 0 amide bonds. The quantitative estimate of drug-likeness (QED) is 0.371. The lowest BCUT2D eigenvalue weighted by atomic mass is 10.3. The average Bonchev–Trinajstić information content (AvgIpc) is 2.11. The van der Waals surface area contributed by atoms with E-state index in [4.69, 9.17) is 4.74 Å². The van der Waals surface area contributed by atoms with E-state index < -0.39 is 0 Å². The first kappa shape index (κ1) is 12.2. The number of esters is 1. The largest absolute Gasteiger partial charge is 0.463 e. The zero-order chi connectivity index (χ0) is 9.94. The smallest absolute Gasteiger partial charge is 0.330 e. The van der Waals surface area contributed by atoms with Crippen LogP contribution in [0, 0.1) is 0 Å². The first-order valence-electron chi connectivity index (χ1n) is 4.81. The van der Waals surface area contributed by atoms with Crippen molar-refractivity contribution in [3.63, 3.8) is 0 Å². The van der Waals surface area contributed by atoms with E-state index >= 15 is 0 Å². The summed E-state index contributed by atoms with van der Waals surface area (Å²) in [6.07, 6.45) is 5.10. The average molecular weight is 185 g/mol. The van der Waals surface area contributed by atoms with E-state index in [1.54, 1.807) is 13.0 Å². The lowest BCUT2D eigenvalue weighted by Gasteiger charge is -2.02. The highest BCUT2D eigenvalue weighted by molar-refractivity contribution is 5.81. The van der Waals surface area contributed by atoms with E-state index in [1.165, 1.54) is 6.08 Å². The molecule has 0 fully saturated rings. The third kappa shape index (κ3) is 9.08. The zero-order valence-electron chi connectivity index (χ0n) is 8.51. The molecule has 0 aliphatic heterocycles. The Morgan fingerprint density at radius 2 is 2.23 bits per heavy atom. The molecule has 76 valence electrons. The predicted octanol–water partition coefficient (Wildman–Crippen LogP) is 1.50. The Balaban J connectivity index is 3.11. The topological polar surface area (TPSA) is 38.3 Å². The molecule has 0 radical (unpaired) electrons. The van der Waals surface area contributed by atoms with Gasteiger partial charge in [-0.3, -0.25) is 0 Å². The molecule has 0 unspecified atom stereocenters. The minimum absolute atomic E-state index is 0.244. The van der Waals surface area contributed by atoms with Gasteiger partial charge in [-0.15, -0.1) is 0 Å². The fraction of sp³-hybridized carbons (Fsp3) is 0.700. The number of nitrogens with one attached hydrogen (secondary N) is 1. The highest BCUT2D eigenvalue weighted by atomic mass is 16.5. The van der Waals surface area contributed by atoms with Gasteiger partial charge in [0.25, 0.3) is 0 Å². The van der Waals surface area contributed by atoms with Crippen molar-refractivity contribution in [3.8, 4) is 0 Å². The summed E-state index contributed by atoms with van der Waals surface area (Å²) in [6, 6.07) is 0. The van der Waals surface area contributed by atoms with Crippen molar-refractivity contribution in [2.75, 3.05) is 19.7 Å². The number of unbranched alkanes of at least 4 members (excludes halogenated alkanes) is 1. The van der Waals surface area contributed by atoms with E-state index in [2.05, 4.69) is 12.2 Å². The molecule has 0 aromatic rings. The van der Waals surface area contributed by atoms with Gasteiger partial charge in [-0.2, -0.15) is 0 Å². The molecule has 0 rings (SSSR count). The number of ether oxygens (including phenoxy) is 1. The molecule has 1 N–H and O–H groups in total. The molecule has 13 heavy (non-hydrogen) atoms. The Hall–Kier alpha value is -0.830. The van der Waals surface area contributed by atoms with Crippen molar-refractivity contribution in [1.82, 2.24) is 5.32 Å².